The van der Waals surface area contributed by atoms with Crippen LogP contribution >= 0.6 is 0 Å². The summed E-state index contributed by atoms with van der Waals surface area (Å²) in [5, 5.41) is 0. The van der Waals surface area contributed by atoms with Gasteiger partial charge in [0.1, 0.15) is 13.2 Å². The Morgan fingerprint density at radius 2 is 1.79 bits per heavy atom. The maximum atomic E-state index is 12.7. The minimum absolute atomic E-state index is 0.0293. The lowest BCUT2D eigenvalue weighted by atomic mass is 9.97. The minimum atomic E-state index is -0.639. The molecule has 1 aromatic carbocycles. The number of methoxy groups -OCH3 is 1. The lowest BCUT2D eigenvalue weighted by Crippen LogP contribution is -2.47. The summed E-state index contributed by atoms with van der Waals surface area (Å²) in [4.78, 5) is 38.0. The molecule has 0 aliphatic carbocycles. The SMILES string of the molecule is COC(=O)C1=CC[C@@H](COC(=O)C(C)(C)C)N(C(=O)OCc2ccccc2)C1. The topological polar surface area (TPSA) is 82.1 Å². The van der Waals surface area contributed by atoms with Gasteiger partial charge in [-0.1, -0.05) is 36.4 Å². The van der Waals surface area contributed by atoms with Crippen LogP contribution in [-0.4, -0.2) is 49.2 Å². The van der Waals surface area contributed by atoms with E-state index in [1.165, 1.54) is 12.0 Å². The van der Waals surface area contributed by atoms with Crippen molar-refractivity contribution in [3.63, 3.8) is 0 Å². The first-order chi connectivity index (χ1) is 13.2. The highest BCUT2D eigenvalue weighted by atomic mass is 16.6. The zero-order valence-corrected chi connectivity index (χ0v) is 16.8. The summed E-state index contributed by atoms with van der Waals surface area (Å²) < 4.78 is 15.5. The Kier molecular flexibility index (Phi) is 7.20. The van der Waals surface area contributed by atoms with Crippen molar-refractivity contribution in [3.8, 4) is 0 Å². The molecule has 0 radical (unpaired) electrons. The molecule has 0 spiro atoms. The van der Waals surface area contributed by atoms with Gasteiger partial charge in [0.15, 0.2) is 0 Å². The molecule has 1 amide bonds. The van der Waals surface area contributed by atoms with Gasteiger partial charge in [-0.15, -0.1) is 0 Å². The first-order valence-electron chi connectivity index (χ1n) is 9.14. The first kappa shape index (κ1) is 21.5. The molecule has 7 nitrogen and oxygen atoms in total. The zero-order valence-electron chi connectivity index (χ0n) is 16.8. The Morgan fingerprint density at radius 3 is 2.39 bits per heavy atom. The molecule has 152 valence electrons. The minimum Gasteiger partial charge on any atom is -0.466 e. The number of carbonyl (C=O) groups excluding carboxylic acids is 3. The third-order valence-electron chi connectivity index (χ3n) is 4.32. The summed E-state index contributed by atoms with van der Waals surface area (Å²) in [5.41, 5.74) is 0.588. The predicted octanol–water partition coefficient (Wildman–Crippen LogP) is 3.09. The molecule has 0 saturated carbocycles. The number of ether oxygens (including phenoxy) is 3. The van der Waals surface area contributed by atoms with Crippen LogP contribution < -0.4 is 0 Å². The Morgan fingerprint density at radius 1 is 1.11 bits per heavy atom. The standard InChI is InChI=1S/C21H27NO6/c1-21(2,3)19(24)27-14-17-11-10-16(18(23)26-4)12-22(17)20(25)28-13-15-8-6-5-7-9-15/h5-10,17H,11-14H2,1-4H3/t17-/m0/s1. The number of hydrogen-bond acceptors (Lipinski definition) is 6. The summed E-state index contributed by atoms with van der Waals surface area (Å²) in [7, 11) is 1.29. The predicted molar refractivity (Wildman–Crippen MR) is 102 cm³/mol. The fourth-order valence-electron chi connectivity index (χ4n) is 2.62. The average Bonchev–Trinajstić information content (AvgIpc) is 2.69. The van der Waals surface area contributed by atoms with Gasteiger partial charge in [0.05, 0.1) is 30.7 Å². The van der Waals surface area contributed by atoms with Gasteiger partial charge < -0.3 is 14.2 Å². The van der Waals surface area contributed by atoms with E-state index in [4.69, 9.17) is 14.2 Å². The molecule has 28 heavy (non-hydrogen) atoms. The van der Waals surface area contributed by atoms with Crippen LogP contribution in [0.3, 0.4) is 0 Å². The smallest absolute Gasteiger partial charge is 0.410 e. The van der Waals surface area contributed by atoms with Crippen molar-refractivity contribution in [2.75, 3.05) is 20.3 Å². The first-order valence-corrected chi connectivity index (χ1v) is 9.14. The molecule has 0 unspecified atom stereocenters. The van der Waals surface area contributed by atoms with Gasteiger partial charge in [-0.3, -0.25) is 9.69 Å². The van der Waals surface area contributed by atoms with Crippen LogP contribution in [0.4, 0.5) is 4.79 Å². The fourth-order valence-corrected chi connectivity index (χ4v) is 2.62. The van der Waals surface area contributed by atoms with Crippen molar-refractivity contribution < 1.29 is 28.6 Å². The molecule has 2 rings (SSSR count). The van der Waals surface area contributed by atoms with Crippen LogP contribution in [0.2, 0.25) is 0 Å². The maximum Gasteiger partial charge on any atom is 0.410 e. The molecule has 1 aromatic rings. The fraction of sp³-hybridized carbons (Fsp3) is 0.476. The highest BCUT2D eigenvalue weighted by Gasteiger charge is 2.33. The molecule has 1 aliphatic rings. The highest BCUT2D eigenvalue weighted by Crippen LogP contribution is 2.21. The van der Waals surface area contributed by atoms with E-state index in [-0.39, 0.29) is 25.7 Å². The number of amides is 1. The monoisotopic (exact) mass is 389 g/mol. The van der Waals surface area contributed by atoms with E-state index in [1.54, 1.807) is 26.8 Å². The second-order valence-electron chi connectivity index (χ2n) is 7.63. The number of benzene rings is 1. The number of nitrogens with zero attached hydrogens (tertiary/aromatic N) is 1. The third-order valence-corrected chi connectivity index (χ3v) is 4.32. The van der Waals surface area contributed by atoms with Gasteiger partial charge in [-0.2, -0.15) is 0 Å². The number of rotatable bonds is 5. The van der Waals surface area contributed by atoms with Crippen LogP contribution in [0.15, 0.2) is 42.0 Å². The van der Waals surface area contributed by atoms with Crippen LogP contribution in [0.5, 0.6) is 0 Å². The summed E-state index contributed by atoms with van der Waals surface area (Å²) in [6, 6.07) is 8.89. The van der Waals surface area contributed by atoms with E-state index in [1.807, 2.05) is 30.3 Å². The van der Waals surface area contributed by atoms with E-state index in [0.29, 0.717) is 12.0 Å². The van der Waals surface area contributed by atoms with Crippen molar-refractivity contribution >= 4 is 18.0 Å². The molecule has 0 N–H and O–H groups in total. The molecular formula is C21H27NO6. The average molecular weight is 389 g/mol. The van der Waals surface area contributed by atoms with E-state index < -0.39 is 23.5 Å². The van der Waals surface area contributed by atoms with Crippen LogP contribution in [0, 0.1) is 5.41 Å². The normalized spacial score (nSPS) is 16.8. The maximum absolute atomic E-state index is 12.7. The van der Waals surface area contributed by atoms with Crippen molar-refractivity contribution in [2.45, 2.75) is 39.8 Å². The molecule has 0 aromatic heterocycles. The Hall–Kier alpha value is -2.83. The number of hydrogen-bond donors (Lipinski definition) is 0. The molecule has 1 atom stereocenters. The highest BCUT2D eigenvalue weighted by molar-refractivity contribution is 5.90. The number of carbonyl (C=O) groups is 3. The van der Waals surface area contributed by atoms with Crippen molar-refractivity contribution in [1.29, 1.82) is 0 Å². The lowest BCUT2D eigenvalue weighted by molar-refractivity contribution is -0.154. The quantitative estimate of drug-likeness (QED) is 0.569. The Bertz CT molecular complexity index is 735. The van der Waals surface area contributed by atoms with Crippen LogP contribution in [0.1, 0.15) is 32.8 Å². The molecule has 0 saturated heterocycles. The summed E-state index contributed by atoms with van der Waals surface area (Å²) in [5.74, 6) is -0.848. The van der Waals surface area contributed by atoms with Crippen molar-refractivity contribution in [1.82, 2.24) is 4.90 Å². The van der Waals surface area contributed by atoms with Crippen LogP contribution in [0.25, 0.3) is 0 Å². The summed E-state index contributed by atoms with van der Waals surface area (Å²) >= 11 is 0. The lowest BCUT2D eigenvalue weighted by Gasteiger charge is -2.34. The van der Waals surface area contributed by atoms with E-state index >= 15 is 0 Å². The van der Waals surface area contributed by atoms with Gasteiger partial charge in [-0.25, -0.2) is 9.59 Å². The molecule has 1 heterocycles. The largest absolute Gasteiger partial charge is 0.466 e. The van der Waals surface area contributed by atoms with Crippen molar-refractivity contribution in [3.05, 3.63) is 47.5 Å². The van der Waals surface area contributed by atoms with E-state index in [9.17, 15) is 14.4 Å². The Labute approximate surface area is 165 Å². The van der Waals surface area contributed by atoms with Crippen LogP contribution in [-0.2, 0) is 30.4 Å². The van der Waals surface area contributed by atoms with Gasteiger partial charge in [0.25, 0.3) is 0 Å². The van der Waals surface area contributed by atoms with Gasteiger partial charge >= 0.3 is 18.0 Å². The molecular weight excluding hydrogens is 362 g/mol. The molecule has 7 heteroatoms. The second-order valence-corrected chi connectivity index (χ2v) is 7.63. The van der Waals surface area contributed by atoms with Gasteiger partial charge in [0.2, 0.25) is 0 Å². The molecule has 1 aliphatic heterocycles. The number of esters is 2. The molecule has 0 bridgehead atoms. The third kappa shape index (κ3) is 5.84. The van der Waals surface area contributed by atoms with E-state index in [0.717, 1.165) is 5.56 Å². The van der Waals surface area contributed by atoms with E-state index in [2.05, 4.69) is 0 Å². The van der Waals surface area contributed by atoms with Gasteiger partial charge in [-0.05, 0) is 32.8 Å². The summed E-state index contributed by atoms with van der Waals surface area (Å²) in [6.45, 7) is 5.47. The summed E-state index contributed by atoms with van der Waals surface area (Å²) in [6.07, 6.45) is 1.50. The second kappa shape index (κ2) is 9.39. The Balaban J connectivity index is 2.07. The van der Waals surface area contributed by atoms with Gasteiger partial charge in [0, 0.05) is 0 Å². The van der Waals surface area contributed by atoms with Crippen molar-refractivity contribution in [2.24, 2.45) is 5.41 Å². The zero-order chi connectivity index (χ0) is 20.7. The molecule has 0 fully saturated rings.